The van der Waals surface area contributed by atoms with Gasteiger partial charge < -0.3 is 5.32 Å². The van der Waals surface area contributed by atoms with Crippen LogP contribution >= 0.6 is 11.3 Å². The first-order valence-corrected chi connectivity index (χ1v) is 7.66. The molecule has 2 heterocycles. The summed E-state index contributed by atoms with van der Waals surface area (Å²) in [6.07, 6.45) is -2.75. The van der Waals surface area contributed by atoms with Gasteiger partial charge in [0.05, 0.1) is 16.3 Å². The zero-order chi connectivity index (χ0) is 16.1. The van der Waals surface area contributed by atoms with E-state index in [1.54, 1.807) is 0 Å². The quantitative estimate of drug-likeness (QED) is 0.930. The topological polar surface area (TPSA) is 46.9 Å². The SMILES string of the molecule is Cc1csc(-c2cc(C(F)(F)F)nn2C)c1NC(=O)C1CC1. The molecule has 2 aromatic heterocycles. The molecular formula is C14H14F3N3OS. The van der Waals surface area contributed by atoms with Crippen molar-refractivity contribution in [1.29, 1.82) is 0 Å². The van der Waals surface area contributed by atoms with Crippen LogP contribution in [0.5, 0.6) is 0 Å². The van der Waals surface area contributed by atoms with Crippen molar-refractivity contribution in [2.24, 2.45) is 13.0 Å². The summed E-state index contributed by atoms with van der Waals surface area (Å²) in [5, 5.41) is 8.18. The summed E-state index contributed by atoms with van der Waals surface area (Å²) in [4.78, 5) is 12.5. The second-order valence-electron chi connectivity index (χ2n) is 5.42. The Morgan fingerprint density at radius 3 is 2.68 bits per heavy atom. The van der Waals surface area contributed by atoms with E-state index < -0.39 is 11.9 Å². The van der Waals surface area contributed by atoms with E-state index in [-0.39, 0.29) is 11.8 Å². The van der Waals surface area contributed by atoms with Crippen molar-refractivity contribution in [3.8, 4) is 10.6 Å². The number of aryl methyl sites for hydroxylation is 2. The summed E-state index contributed by atoms with van der Waals surface area (Å²) in [5.74, 6) is -0.0367. The second kappa shape index (κ2) is 5.12. The second-order valence-corrected chi connectivity index (χ2v) is 6.30. The minimum absolute atomic E-state index is 0.0319. The van der Waals surface area contributed by atoms with Gasteiger partial charge in [-0.15, -0.1) is 11.3 Å². The minimum Gasteiger partial charge on any atom is -0.324 e. The van der Waals surface area contributed by atoms with E-state index in [1.165, 1.54) is 23.1 Å². The highest BCUT2D eigenvalue weighted by Crippen LogP contribution is 2.40. The van der Waals surface area contributed by atoms with Gasteiger partial charge in [-0.05, 0) is 36.8 Å². The van der Waals surface area contributed by atoms with Crippen LogP contribution in [-0.2, 0) is 18.0 Å². The number of aromatic nitrogens is 2. The molecule has 1 fully saturated rings. The van der Waals surface area contributed by atoms with Crippen molar-refractivity contribution in [1.82, 2.24) is 9.78 Å². The molecule has 22 heavy (non-hydrogen) atoms. The first-order valence-electron chi connectivity index (χ1n) is 6.78. The van der Waals surface area contributed by atoms with Crippen molar-refractivity contribution in [2.45, 2.75) is 25.9 Å². The number of thiophene rings is 1. The Bertz CT molecular complexity index is 728. The summed E-state index contributed by atoms with van der Waals surface area (Å²) >= 11 is 1.30. The molecule has 3 rings (SSSR count). The summed E-state index contributed by atoms with van der Waals surface area (Å²) in [5.41, 5.74) is 0.828. The maximum absolute atomic E-state index is 12.8. The Kier molecular flexibility index (Phi) is 3.51. The molecule has 118 valence electrons. The predicted octanol–water partition coefficient (Wildman–Crippen LogP) is 3.82. The molecule has 1 aliphatic rings. The maximum atomic E-state index is 12.8. The number of carbonyl (C=O) groups excluding carboxylic acids is 1. The molecule has 0 aromatic carbocycles. The fourth-order valence-electron chi connectivity index (χ4n) is 2.18. The Morgan fingerprint density at radius 1 is 1.45 bits per heavy atom. The average Bonchev–Trinajstić information content (AvgIpc) is 3.12. The zero-order valence-corrected chi connectivity index (χ0v) is 12.8. The van der Waals surface area contributed by atoms with Gasteiger partial charge in [0.25, 0.3) is 0 Å². The van der Waals surface area contributed by atoms with Crippen molar-refractivity contribution < 1.29 is 18.0 Å². The summed E-state index contributed by atoms with van der Waals surface area (Å²) in [6, 6.07) is 1.01. The van der Waals surface area contributed by atoms with Crippen LogP contribution in [0.15, 0.2) is 11.4 Å². The maximum Gasteiger partial charge on any atom is 0.435 e. The first-order chi connectivity index (χ1) is 10.3. The number of alkyl halides is 3. The van der Waals surface area contributed by atoms with E-state index in [4.69, 9.17) is 0 Å². The minimum atomic E-state index is -4.49. The van der Waals surface area contributed by atoms with Crippen molar-refractivity contribution >= 4 is 22.9 Å². The molecule has 1 N–H and O–H groups in total. The molecule has 1 saturated carbocycles. The number of nitrogens with one attached hydrogen (secondary N) is 1. The lowest BCUT2D eigenvalue weighted by Crippen LogP contribution is -2.14. The van der Waals surface area contributed by atoms with Crippen LogP contribution in [0, 0.1) is 12.8 Å². The Morgan fingerprint density at radius 2 is 2.14 bits per heavy atom. The van der Waals surface area contributed by atoms with E-state index >= 15 is 0 Å². The predicted molar refractivity (Wildman–Crippen MR) is 77.6 cm³/mol. The van der Waals surface area contributed by atoms with Gasteiger partial charge in [0.1, 0.15) is 0 Å². The number of carbonyl (C=O) groups is 1. The number of hydrogen-bond acceptors (Lipinski definition) is 3. The lowest BCUT2D eigenvalue weighted by molar-refractivity contribution is -0.141. The molecule has 2 aromatic rings. The monoisotopic (exact) mass is 329 g/mol. The van der Waals surface area contributed by atoms with Gasteiger partial charge in [0.2, 0.25) is 5.91 Å². The lowest BCUT2D eigenvalue weighted by Gasteiger charge is -2.07. The highest BCUT2D eigenvalue weighted by atomic mass is 32.1. The number of anilines is 1. The van der Waals surface area contributed by atoms with Gasteiger partial charge in [-0.2, -0.15) is 18.3 Å². The van der Waals surface area contributed by atoms with Gasteiger partial charge in [0.15, 0.2) is 5.69 Å². The van der Waals surface area contributed by atoms with Crippen LogP contribution in [0.25, 0.3) is 10.6 Å². The summed E-state index contributed by atoms with van der Waals surface area (Å²) < 4.78 is 39.5. The van der Waals surface area contributed by atoms with Crippen LogP contribution in [-0.4, -0.2) is 15.7 Å². The molecule has 8 heteroatoms. The number of nitrogens with zero attached hydrogens (tertiary/aromatic N) is 2. The Balaban J connectivity index is 1.98. The molecular weight excluding hydrogens is 315 g/mol. The molecule has 0 bridgehead atoms. The third-order valence-electron chi connectivity index (χ3n) is 3.57. The standard InChI is InChI=1S/C14H14F3N3OS/c1-7-6-22-12(11(7)18-13(21)8-3-4-8)9-5-10(14(15,16)17)19-20(9)2/h5-6,8H,3-4H2,1-2H3,(H,18,21). The average molecular weight is 329 g/mol. The van der Waals surface area contributed by atoms with Gasteiger partial charge in [0, 0.05) is 13.0 Å². The van der Waals surface area contributed by atoms with Crippen LogP contribution in [0.4, 0.5) is 18.9 Å². The highest BCUT2D eigenvalue weighted by molar-refractivity contribution is 7.14. The number of hydrogen-bond donors (Lipinski definition) is 1. The molecule has 0 spiro atoms. The van der Waals surface area contributed by atoms with Crippen LogP contribution < -0.4 is 5.32 Å². The fourth-order valence-corrected chi connectivity index (χ4v) is 3.23. The summed E-state index contributed by atoms with van der Waals surface area (Å²) in [7, 11) is 1.46. The zero-order valence-electron chi connectivity index (χ0n) is 12.0. The van der Waals surface area contributed by atoms with E-state index in [0.717, 1.165) is 24.5 Å². The summed E-state index contributed by atoms with van der Waals surface area (Å²) in [6.45, 7) is 1.82. The van der Waals surface area contributed by atoms with E-state index in [2.05, 4.69) is 10.4 Å². The normalized spacial score (nSPS) is 15.1. The van der Waals surface area contributed by atoms with Gasteiger partial charge in [-0.3, -0.25) is 9.48 Å². The highest BCUT2D eigenvalue weighted by Gasteiger charge is 2.35. The van der Waals surface area contributed by atoms with E-state index in [0.29, 0.717) is 16.3 Å². The Labute approximate surface area is 128 Å². The van der Waals surface area contributed by atoms with E-state index in [9.17, 15) is 18.0 Å². The molecule has 0 saturated heterocycles. The number of rotatable bonds is 3. The van der Waals surface area contributed by atoms with Crippen LogP contribution in [0.1, 0.15) is 24.1 Å². The molecule has 0 radical (unpaired) electrons. The van der Waals surface area contributed by atoms with Crippen molar-refractivity contribution in [3.05, 3.63) is 22.7 Å². The largest absolute Gasteiger partial charge is 0.435 e. The number of amides is 1. The fraction of sp³-hybridized carbons (Fsp3) is 0.429. The lowest BCUT2D eigenvalue weighted by atomic mass is 10.2. The van der Waals surface area contributed by atoms with Gasteiger partial charge in [-0.1, -0.05) is 0 Å². The van der Waals surface area contributed by atoms with Crippen molar-refractivity contribution in [2.75, 3.05) is 5.32 Å². The van der Waals surface area contributed by atoms with Gasteiger partial charge in [-0.25, -0.2) is 0 Å². The van der Waals surface area contributed by atoms with E-state index in [1.807, 2.05) is 12.3 Å². The Hall–Kier alpha value is -1.83. The smallest absolute Gasteiger partial charge is 0.324 e. The molecule has 4 nitrogen and oxygen atoms in total. The third kappa shape index (κ3) is 2.75. The van der Waals surface area contributed by atoms with Crippen molar-refractivity contribution in [3.63, 3.8) is 0 Å². The van der Waals surface area contributed by atoms with Crippen LogP contribution in [0.3, 0.4) is 0 Å². The molecule has 0 aliphatic heterocycles. The molecule has 1 amide bonds. The third-order valence-corrected chi connectivity index (χ3v) is 4.69. The molecule has 0 atom stereocenters. The van der Waals surface area contributed by atoms with Crippen LogP contribution in [0.2, 0.25) is 0 Å². The number of halogens is 3. The molecule has 1 aliphatic carbocycles. The first kappa shape index (κ1) is 15.1. The van der Waals surface area contributed by atoms with Gasteiger partial charge >= 0.3 is 6.18 Å². The molecule has 0 unspecified atom stereocenters.